The van der Waals surface area contributed by atoms with E-state index in [1.165, 1.54) is 0 Å². The maximum atomic E-state index is 4.20. The van der Waals surface area contributed by atoms with Crippen molar-refractivity contribution in [3.05, 3.63) is 30.2 Å². The van der Waals surface area contributed by atoms with Crippen LogP contribution in [0.25, 0.3) is 11.2 Å². The molecule has 0 aliphatic carbocycles. The van der Waals surface area contributed by atoms with Crippen LogP contribution in [0, 0.1) is 6.92 Å². The predicted molar refractivity (Wildman–Crippen MR) is 64.8 cm³/mol. The first kappa shape index (κ1) is 13.5. The van der Waals surface area contributed by atoms with Crippen LogP contribution in [-0.2, 0) is 0 Å². The number of rotatable bonds is 0. The fraction of sp³-hybridized carbons (Fsp3) is 0.417. The van der Waals surface area contributed by atoms with Crippen LogP contribution in [0.1, 0.15) is 33.4 Å². The van der Waals surface area contributed by atoms with E-state index in [0.29, 0.717) is 5.65 Å². The van der Waals surface area contributed by atoms with Crippen LogP contribution in [0.3, 0.4) is 0 Å². The summed E-state index contributed by atoms with van der Waals surface area (Å²) in [7, 11) is 0. The number of aromatic nitrogens is 3. The summed E-state index contributed by atoms with van der Waals surface area (Å²) in [6.45, 7) is 9.90. The zero-order chi connectivity index (χ0) is 11.7. The summed E-state index contributed by atoms with van der Waals surface area (Å²) in [5, 5.41) is 0. The molecule has 2 heterocycles. The molecule has 0 saturated carbocycles. The first-order valence-electron chi connectivity index (χ1n) is 5.40. The van der Waals surface area contributed by atoms with Gasteiger partial charge in [0.1, 0.15) is 5.52 Å². The van der Waals surface area contributed by atoms with Gasteiger partial charge in [-0.3, -0.25) is 4.98 Å². The Morgan fingerprint density at radius 2 is 1.67 bits per heavy atom. The van der Waals surface area contributed by atoms with Gasteiger partial charge in [-0.15, -0.1) is 0 Å². The molecule has 82 valence electrons. The number of aryl methyl sites for hydroxylation is 1. The molecule has 0 fully saturated rings. The maximum absolute atomic E-state index is 4.20. The van der Waals surface area contributed by atoms with Crippen molar-refractivity contribution in [1.82, 2.24) is 15.0 Å². The quantitative estimate of drug-likeness (QED) is 0.661. The molecule has 0 radical (unpaired) electrons. The summed E-state index contributed by atoms with van der Waals surface area (Å²) in [4.78, 5) is 12.4. The first-order chi connectivity index (χ1) is 7.36. The second kappa shape index (κ2) is 7.85. The summed E-state index contributed by atoms with van der Waals surface area (Å²) >= 11 is 0. The Morgan fingerprint density at radius 3 is 2.33 bits per heavy atom. The van der Waals surface area contributed by atoms with E-state index in [9.17, 15) is 0 Å². The first-order valence-corrected chi connectivity index (χ1v) is 5.40. The Hall–Kier alpha value is -1.51. The molecule has 0 bridgehead atoms. The third-order valence-corrected chi connectivity index (χ3v) is 1.44. The van der Waals surface area contributed by atoms with Crippen LogP contribution < -0.4 is 0 Å². The normalized spacial score (nSPS) is 8.33. The van der Waals surface area contributed by atoms with Gasteiger partial charge in [0.25, 0.3) is 0 Å². The molecule has 0 N–H and O–H groups in total. The zero-order valence-corrected chi connectivity index (χ0v) is 10.2. The Labute approximate surface area is 91.6 Å². The van der Waals surface area contributed by atoms with Gasteiger partial charge in [0.2, 0.25) is 0 Å². The van der Waals surface area contributed by atoms with Gasteiger partial charge in [-0.25, -0.2) is 9.97 Å². The fourth-order valence-corrected chi connectivity index (χ4v) is 0.934. The highest BCUT2D eigenvalue weighted by Crippen LogP contribution is 2.03. The predicted octanol–water partition coefficient (Wildman–Crippen LogP) is 3.39. The molecule has 0 aliphatic heterocycles. The molecule has 3 heteroatoms. The average Bonchev–Trinajstić information content (AvgIpc) is 2.34. The van der Waals surface area contributed by atoms with Gasteiger partial charge in [0, 0.05) is 12.4 Å². The Kier molecular flexibility index (Phi) is 7.06. The number of hydrogen-bond donors (Lipinski definition) is 0. The third-order valence-electron chi connectivity index (χ3n) is 1.44. The molecule has 15 heavy (non-hydrogen) atoms. The lowest BCUT2D eigenvalue weighted by atomic mass is 10.4. The van der Waals surface area contributed by atoms with E-state index in [2.05, 4.69) is 15.0 Å². The van der Waals surface area contributed by atoms with Crippen molar-refractivity contribution in [2.24, 2.45) is 0 Å². The van der Waals surface area contributed by atoms with Crippen molar-refractivity contribution >= 4 is 11.2 Å². The van der Waals surface area contributed by atoms with Gasteiger partial charge >= 0.3 is 0 Å². The van der Waals surface area contributed by atoms with Gasteiger partial charge in [-0.1, -0.05) is 27.7 Å². The molecular weight excluding hydrogens is 186 g/mol. The van der Waals surface area contributed by atoms with Crippen molar-refractivity contribution in [2.45, 2.75) is 34.6 Å². The average molecular weight is 205 g/mol. The van der Waals surface area contributed by atoms with Crippen molar-refractivity contribution in [2.75, 3.05) is 0 Å². The van der Waals surface area contributed by atoms with E-state index < -0.39 is 0 Å². The lowest BCUT2D eigenvalue weighted by Gasteiger charge is -1.94. The van der Waals surface area contributed by atoms with Crippen molar-refractivity contribution < 1.29 is 0 Å². The second-order valence-electron chi connectivity index (χ2n) is 2.36. The van der Waals surface area contributed by atoms with Crippen LogP contribution in [0.4, 0.5) is 0 Å². The maximum Gasteiger partial charge on any atom is 0.178 e. The second-order valence-corrected chi connectivity index (χ2v) is 2.36. The van der Waals surface area contributed by atoms with E-state index in [1.807, 2.05) is 46.8 Å². The van der Waals surface area contributed by atoms with Crippen LogP contribution in [0.5, 0.6) is 0 Å². The van der Waals surface area contributed by atoms with Gasteiger partial charge in [-0.05, 0) is 19.1 Å². The number of nitrogens with zero attached hydrogens (tertiary/aromatic N) is 3. The molecule has 0 saturated heterocycles. The van der Waals surface area contributed by atoms with E-state index in [4.69, 9.17) is 0 Å². The molecule has 0 atom stereocenters. The molecule has 3 nitrogen and oxygen atoms in total. The van der Waals surface area contributed by atoms with Crippen molar-refractivity contribution in [3.8, 4) is 0 Å². The summed E-state index contributed by atoms with van der Waals surface area (Å²) in [6, 6.07) is 3.75. The van der Waals surface area contributed by atoms with Gasteiger partial charge in [0.05, 0.1) is 5.69 Å². The van der Waals surface area contributed by atoms with Crippen molar-refractivity contribution in [3.63, 3.8) is 0 Å². The van der Waals surface area contributed by atoms with Gasteiger partial charge < -0.3 is 0 Å². The minimum Gasteiger partial charge on any atom is -0.251 e. The molecular formula is C12H19N3. The van der Waals surface area contributed by atoms with Gasteiger partial charge in [0.15, 0.2) is 5.65 Å². The van der Waals surface area contributed by atoms with E-state index in [1.54, 1.807) is 12.4 Å². The smallest absolute Gasteiger partial charge is 0.178 e. The molecule has 0 aliphatic rings. The Balaban J connectivity index is 0.000000442. The molecule has 2 aromatic rings. The van der Waals surface area contributed by atoms with Gasteiger partial charge in [-0.2, -0.15) is 0 Å². The summed E-state index contributed by atoms with van der Waals surface area (Å²) < 4.78 is 0. The number of hydrogen-bond acceptors (Lipinski definition) is 3. The fourth-order valence-electron chi connectivity index (χ4n) is 0.934. The largest absolute Gasteiger partial charge is 0.251 e. The molecule has 0 amide bonds. The molecule has 0 spiro atoms. The summed E-state index contributed by atoms with van der Waals surface area (Å²) in [5.74, 6) is 0. The van der Waals surface area contributed by atoms with E-state index >= 15 is 0 Å². The minimum absolute atomic E-state index is 0.715. The highest BCUT2D eigenvalue weighted by molar-refractivity contribution is 5.68. The van der Waals surface area contributed by atoms with Crippen LogP contribution in [0.2, 0.25) is 0 Å². The van der Waals surface area contributed by atoms with E-state index in [0.717, 1.165) is 11.2 Å². The van der Waals surface area contributed by atoms with Crippen LogP contribution in [-0.4, -0.2) is 15.0 Å². The molecule has 2 aromatic heterocycles. The van der Waals surface area contributed by atoms with E-state index in [-0.39, 0.29) is 0 Å². The lowest BCUT2D eigenvalue weighted by Crippen LogP contribution is -1.88. The SMILES string of the molecule is CC.CC.Cc1cnc2cccnc2n1. The van der Waals surface area contributed by atoms with Crippen LogP contribution in [0.15, 0.2) is 24.5 Å². The Bertz CT molecular complexity index is 385. The number of fused-ring (bicyclic) bond motifs is 1. The topological polar surface area (TPSA) is 38.7 Å². The highest BCUT2D eigenvalue weighted by atomic mass is 14.9. The summed E-state index contributed by atoms with van der Waals surface area (Å²) in [5.41, 5.74) is 2.46. The molecule has 0 aromatic carbocycles. The van der Waals surface area contributed by atoms with Crippen LogP contribution >= 0.6 is 0 Å². The van der Waals surface area contributed by atoms with Crippen molar-refractivity contribution in [1.29, 1.82) is 0 Å². The minimum atomic E-state index is 0.715. The lowest BCUT2D eigenvalue weighted by molar-refractivity contribution is 1.15. The number of pyridine rings is 1. The Morgan fingerprint density at radius 1 is 1.00 bits per heavy atom. The highest BCUT2D eigenvalue weighted by Gasteiger charge is 1.94. The summed E-state index contributed by atoms with van der Waals surface area (Å²) in [6.07, 6.45) is 3.46. The molecule has 2 rings (SSSR count). The monoisotopic (exact) mass is 205 g/mol. The molecule has 0 unspecified atom stereocenters. The standard InChI is InChI=1S/C8H7N3.2C2H6/c1-6-5-10-7-3-2-4-9-8(7)11-6;2*1-2/h2-5H,1H3;2*1-2H3. The third kappa shape index (κ3) is 4.02. The zero-order valence-electron chi connectivity index (χ0n) is 10.2.